The Hall–Kier alpha value is -1.88. The van der Waals surface area contributed by atoms with Gasteiger partial charge in [0, 0.05) is 19.1 Å². The monoisotopic (exact) mass is 288 g/mol. The summed E-state index contributed by atoms with van der Waals surface area (Å²) in [4.78, 5) is 23.7. The number of carboxylic acids is 1. The van der Waals surface area contributed by atoms with E-state index in [1.54, 1.807) is 0 Å². The summed E-state index contributed by atoms with van der Waals surface area (Å²) in [5, 5.41) is 15.4. The van der Waals surface area contributed by atoms with Gasteiger partial charge in [-0.05, 0) is 24.0 Å². The van der Waals surface area contributed by atoms with Gasteiger partial charge in [0.05, 0.1) is 11.8 Å². The van der Waals surface area contributed by atoms with Crippen LogP contribution < -0.4 is 10.6 Å². The molecule has 1 fully saturated rings. The highest BCUT2D eigenvalue weighted by Crippen LogP contribution is 2.28. The summed E-state index contributed by atoms with van der Waals surface area (Å²) in [7, 11) is 0. The van der Waals surface area contributed by atoms with Gasteiger partial charge in [0.15, 0.2) is 0 Å². The second-order valence-corrected chi connectivity index (χ2v) is 5.87. The van der Waals surface area contributed by atoms with Crippen LogP contribution in [-0.2, 0) is 16.1 Å². The molecule has 3 unspecified atom stereocenters. The van der Waals surface area contributed by atoms with Crippen LogP contribution in [0, 0.1) is 5.92 Å². The first kappa shape index (κ1) is 14.1. The van der Waals surface area contributed by atoms with E-state index in [4.69, 9.17) is 0 Å². The third-order valence-corrected chi connectivity index (χ3v) is 4.57. The second kappa shape index (κ2) is 5.85. The standard InChI is InChI=1S/C16H20N2O3/c19-15(18-14-7-3-6-12(14)16(20)21)13-9-17-8-10-4-1-2-5-11(10)13/h1-2,4-5,12-14,17H,3,6-9H2,(H,18,19)(H,20,21). The summed E-state index contributed by atoms with van der Waals surface area (Å²) < 4.78 is 0. The maximum absolute atomic E-state index is 12.5. The molecule has 5 nitrogen and oxygen atoms in total. The lowest BCUT2D eigenvalue weighted by Gasteiger charge is -2.27. The number of carboxylic acid groups (broad SMARTS) is 1. The van der Waals surface area contributed by atoms with Gasteiger partial charge in [-0.3, -0.25) is 9.59 Å². The van der Waals surface area contributed by atoms with Gasteiger partial charge in [0.2, 0.25) is 5.91 Å². The van der Waals surface area contributed by atoms with Crippen molar-refractivity contribution in [1.82, 2.24) is 10.6 Å². The minimum absolute atomic E-state index is 0.0622. The number of amides is 1. The molecule has 112 valence electrons. The molecule has 1 aliphatic carbocycles. The molecule has 0 aromatic heterocycles. The molecule has 1 amide bonds. The molecule has 1 aromatic rings. The highest BCUT2D eigenvalue weighted by atomic mass is 16.4. The van der Waals surface area contributed by atoms with Crippen molar-refractivity contribution in [2.75, 3.05) is 6.54 Å². The number of nitrogens with one attached hydrogen (secondary N) is 2. The fourth-order valence-corrected chi connectivity index (χ4v) is 3.44. The van der Waals surface area contributed by atoms with Crippen molar-refractivity contribution in [1.29, 1.82) is 0 Å². The van der Waals surface area contributed by atoms with E-state index < -0.39 is 11.9 Å². The van der Waals surface area contributed by atoms with E-state index in [1.807, 2.05) is 24.3 Å². The van der Waals surface area contributed by atoms with Crippen LogP contribution in [-0.4, -0.2) is 29.6 Å². The lowest BCUT2D eigenvalue weighted by atomic mass is 9.89. The normalized spacial score (nSPS) is 27.9. The summed E-state index contributed by atoms with van der Waals surface area (Å²) in [5.41, 5.74) is 2.20. The quantitative estimate of drug-likeness (QED) is 0.782. The molecule has 0 bridgehead atoms. The Balaban J connectivity index is 1.73. The van der Waals surface area contributed by atoms with Crippen molar-refractivity contribution in [3.05, 3.63) is 35.4 Å². The Morgan fingerprint density at radius 1 is 1.24 bits per heavy atom. The first-order valence-electron chi connectivity index (χ1n) is 7.48. The van der Waals surface area contributed by atoms with Crippen LogP contribution in [0.3, 0.4) is 0 Å². The van der Waals surface area contributed by atoms with Gasteiger partial charge >= 0.3 is 5.97 Å². The molecule has 5 heteroatoms. The maximum atomic E-state index is 12.5. The molecule has 1 saturated carbocycles. The van der Waals surface area contributed by atoms with E-state index in [9.17, 15) is 14.7 Å². The summed E-state index contributed by atoms with van der Waals surface area (Å²) in [6.07, 6.45) is 2.27. The molecule has 0 saturated heterocycles. The smallest absolute Gasteiger partial charge is 0.308 e. The number of hydrogen-bond donors (Lipinski definition) is 3. The second-order valence-electron chi connectivity index (χ2n) is 5.87. The number of hydrogen-bond acceptors (Lipinski definition) is 3. The van der Waals surface area contributed by atoms with Crippen molar-refractivity contribution in [3.63, 3.8) is 0 Å². The van der Waals surface area contributed by atoms with Gasteiger partial charge in [-0.2, -0.15) is 0 Å². The number of carbonyl (C=O) groups excluding carboxylic acids is 1. The van der Waals surface area contributed by atoms with Crippen LogP contribution in [0.4, 0.5) is 0 Å². The first-order chi connectivity index (χ1) is 10.2. The Labute approximate surface area is 123 Å². The Bertz CT molecular complexity index is 558. The van der Waals surface area contributed by atoms with Crippen LogP contribution >= 0.6 is 0 Å². The number of benzene rings is 1. The zero-order valence-corrected chi connectivity index (χ0v) is 11.8. The average Bonchev–Trinajstić information content (AvgIpc) is 2.95. The summed E-state index contributed by atoms with van der Waals surface area (Å²) >= 11 is 0. The van der Waals surface area contributed by atoms with Crippen molar-refractivity contribution in [2.45, 2.75) is 37.8 Å². The minimum Gasteiger partial charge on any atom is -0.481 e. The highest BCUT2D eigenvalue weighted by molar-refractivity contribution is 5.85. The summed E-state index contributed by atoms with van der Waals surface area (Å²) in [6.45, 7) is 1.38. The third kappa shape index (κ3) is 2.78. The first-order valence-corrected chi connectivity index (χ1v) is 7.48. The molecule has 3 N–H and O–H groups in total. The summed E-state index contributed by atoms with van der Waals surface area (Å²) in [5.74, 6) is -1.54. The Morgan fingerprint density at radius 2 is 2.05 bits per heavy atom. The molecule has 0 spiro atoms. The topological polar surface area (TPSA) is 78.4 Å². The lowest BCUT2D eigenvalue weighted by molar-refractivity contribution is -0.142. The minimum atomic E-state index is -0.806. The maximum Gasteiger partial charge on any atom is 0.308 e. The molecule has 21 heavy (non-hydrogen) atoms. The largest absolute Gasteiger partial charge is 0.481 e. The molecule has 1 heterocycles. The number of fused-ring (bicyclic) bond motifs is 1. The predicted molar refractivity (Wildman–Crippen MR) is 77.8 cm³/mol. The zero-order valence-electron chi connectivity index (χ0n) is 11.8. The molecular weight excluding hydrogens is 268 g/mol. The fourth-order valence-electron chi connectivity index (χ4n) is 3.44. The number of rotatable bonds is 3. The Morgan fingerprint density at radius 3 is 2.86 bits per heavy atom. The molecule has 2 aliphatic rings. The van der Waals surface area contributed by atoms with Gasteiger partial charge in [-0.15, -0.1) is 0 Å². The van der Waals surface area contributed by atoms with E-state index in [2.05, 4.69) is 10.6 Å². The third-order valence-electron chi connectivity index (χ3n) is 4.57. The highest BCUT2D eigenvalue weighted by Gasteiger charge is 2.36. The predicted octanol–water partition coefficient (Wildman–Crippen LogP) is 1.24. The fraction of sp³-hybridized carbons (Fsp3) is 0.500. The van der Waals surface area contributed by atoms with E-state index in [-0.39, 0.29) is 17.9 Å². The number of carbonyl (C=O) groups is 2. The summed E-state index contributed by atoms with van der Waals surface area (Å²) in [6, 6.07) is 7.70. The van der Waals surface area contributed by atoms with Crippen LogP contribution in [0.25, 0.3) is 0 Å². The van der Waals surface area contributed by atoms with Crippen LogP contribution in [0.1, 0.15) is 36.3 Å². The molecule has 1 aromatic carbocycles. The van der Waals surface area contributed by atoms with Crippen molar-refractivity contribution in [3.8, 4) is 0 Å². The van der Waals surface area contributed by atoms with E-state index in [0.29, 0.717) is 13.0 Å². The molecule has 1 aliphatic heterocycles. The molecule has 3 atom stereocenters. The molecule has 0 radical (unpaired) electrons. The van der Waals surface area contributed by atoms with Crippen LogP contribution in [0.2, 0.25) is 0 Å². The Kier molecular flexibility index (Phi) is 3.92. The van der Waals surface area contributed by atoms with E-state index in [0.717, 1.165) is 30.5 Å². The van der Waals surface area contributed by atoms with Crippen molar-refractivity contribution < 1.29 is 14.7 Å². The van der Waals surface area contributed by atoms with E-state index >= 15 is 0 Å². The molecular formula is C16H20N2O3. The van der Waals surface area contributed by atoms with Crippen LogP contribution in [0.5, 0.6) is 0 Å². The van der Waals surface area contributed by atoms with Crippen molar-refractivity contribution in [2.24, 2.45) is 5.92 Å². The average molecular weight is 288 g/mol. The van der Waals surface area contributed by atoms with E-state index in [1.165, 1.54) is 0 Å². The van der Waals surface area contributed by atoms with Crippen molar-refractivity contribution >= 4 is 11.9 Å². The van der Waals surface area contributed by atoms with Gasteiger partial charge in [0.1, 0.15) is 0 Å². The molecule has 3 rings (SSSR count). The van der Waals surface area contributed by atoms with Crippen LogP contribution in [0.15, 0.2) is 24.3 Å². The van der Waals surface area contributed by atoms with Gasteiger partial charge < -0.3 is 15.7 Å². The number of aliphatic carboxylic acids is 1. The SMILES string of the molecule is O=C(NC1CCCC1C(=O)O)C1CNCc2ccccc21. The zero-order chi connectivity index (χ0) is 14.8. The van der Waals surface area contributed by atoms with Gasteiger partial charge in [0.25, 0.3) is 0 Å². The lowest BCUT2D eigenvalue weighted by Crippen LogP contribution is -2.45. The van der Waals surface area contributed by atoms with Gasteiger partial charge in [-0.1, -0.05) is 30.7 Å². The van der Waals surface area contributed by atoms with Gasteiger partial charge in [-0.25, -0.2) is 0 Å².